The third kappa shape index (κ3) is 2.28. The molecule has 1 heterocycles. The molecule has 1 aliphatic heterocycles. The van der Waals surface area contributed by atoms with Crippen LogP contribution in [-0.4, -0.2) is 25.0 Å². The first-order valence-corrected chi connectivity index (χ1v) is 5.90. The number of nitriles is 1. The van der Waals surface area contributed by atoms with E-state index in [1.54, 1.807) is 6.07 Å². The van der Waals surface area contributed by atoms with Crippen LogP contribution >= 0.6 is 0 Å². The molecular weight excluding hydrogens is 233 g/mol. The molecule has 1 aromatic carbocycles. The van der Waals surface area contributed by atoms with Gasteiger partial charge in [-0.05, 0) is 24.6 Å². The number of carbonyl (C=O) groups is 1. The van der Waals surface area contributed by atoms with Gasteiger partial charge >= 0.3 is 0 Å². The molecule has 5 heteroatoms. The van der Waals surface area contributed by atoms with Crippen molar-refractivity contribution in [3.05, 3.63) is 29.6 Å². The standard InChI is InChI=1S/C13H14FN3O/c1-2-12-13(18)16-3-4-17(12)11-6-9(8-15)5-10(14)7-11/h5-7,12H,2-4H2,1H3,(H,16,18). The molecule has 1 atom stereocenters. The van der Waals surface area contributed by atoms with Crippen LogP contribution in [0.2, 0.25) is 0 Å². The van der Waals surface area contributed by atoms with E-state index in [-0.39, 0.29) is 17.5 Å². The number of anilines is 1. The summed E-state index contributed by atoms with van der Waals surface area (Å²) >= 11 is 0. The molecule has 0 saturated carbocycles. The Bertz CT molecular complexity index is 509. The Labute approximate surface area is 105 Å². The molecule has 1 aliphatic rings. The highest BCUT2D eigenvalue weighted by atomic mass is 19.1. The summed E-state index contributed by atoms with van der Waals surface area (Å²) in [6.45, 7) is 3.07. The zero-order valence-electron chi connectivity index (χ0n) is 10.1. The minimum absolute atomic E-state index is 0.0495. The maximum absolute atomic E-state index is 13.4. The number of rotatable bonds is 2. The highest BCUT2D eigenvalue weighted by Crippen LogP contribution is 2.23. The fourth-order valence-electron chi connectivity index (χ4n) is 2.23. The van der Waals surface area contributed by atoms with Gasteiger partial charge in [-0.1, -0.05) is 6.92 Å². The maximum atomic E-state index is 13.4. The third-order valence-electron chi connectivity index (χ3n) is 3.06. The average Bonchev–Trinajstić information content (AvgIpc) is 2.37. The Kier molecular flexibility index (Phi) is 3.47. The summed E-state index contributed by atoms with van der Waals surface area (Å²) in [4.78, 5) is 13.6. The summed E-state index contributed by atoms with van der Waals surface area (Å²) in [7, 11) is 0. The zero-order chi connectivity index (χ0) is 13.1. The normalized spacial score (nSPS) is 19.3. The lowest BCUT2D eigenvalue weighted by molar-refractivity contribution is -0.123. The predicted octanol–water partition coefficient (Wildman–Crippen LogP) is 1.41. The molecular formula is C13H14FN3O. The van der Waals surface area contributed by atoms with Crippen molar-refractivity contribution >= 4 is 11.6 Å². The number of carbonyl (C=O) groups excluding carboxylic acids is 1. The molecule has 1 fully saturated rings. The van der Waals surface area contributed by atoms with Crippen molar-refractivity contribution in [2.24, 2.45) is 0 Å². The van der Waals surface area contributed by atoms with Gasteiger partial charge in [-0.25, -0.2) is 4.39 Å². The molecule has 0 aromatic heterocycles. The van der Waals surface area contributed by atoms with Crippen LogP contribution in [-0.2, 0) is 4.79 Å². The van der Waals surface area contributed by atoms with Crippen molar-refractivity contribution in [1.82, 2.24) is 5.32 Å². The van der Waals surface area contributed by atoms with E-state index in [4.69, 9.17) is 5.26 Å². The lowest BCUT2D eigenvalue weighted by atomic mass is 10.1. The van der Waals surface area contributed by atoms with Gasteiger partial charge in [-0.2, -0.15) is 5.26 Å². The Morgan fingerprint density at radius 2 is 2.33 bits per heavy atom. The summed E-state index contributed by atoms with van der Waals surface area (Å²) in [6.07, 6.45) is 0.643. The van der Waals surface area contributed by atoms with Gasteiger partial charge in [0.1, 0.15) is 11.9 Å². The Morgan fingerprint density at radius 1 is 1.56 bits per heavy atom. The van der Waals surface area contributed by atoms with Crippen LogP contribution < -0.4 is 10.2 Å². The highest BCUT2D eigenvalue weighted by molar-refractivity contribution is 5.86. The summed E-state index contributed by atoms with van der Waals surface area (Å²) < 4.78 is 13.4. The second-order valence-corrected chi connectivity index (χ2v) is 4.22. The van der Waals surface area contributed by atoms with Crippen molar-refractivity contribution in [1.29, 1.82) is 5.26 Å². The lowest BCUT2D eigenvalue weighted by Crippen LogP contribution is -2.55. The fourth-order valence-corrected chi connectivity index (χ4v) is 2.23. The predicted molar refractivity (Wildman–Crippen MR) is 65.5 cm³/mol. The molecule has 0 bridgehead atoms. The molecule has 1 saturated heterocycles. The van der Waals surface area contributed by atoms with Gasteiger partial charge in [-0.3, -0.25) is 4.79 Å². The molecule has 0 radical (unpaired) electrons. The highest BCUT2D eigenvalue weighted by Gasteiger charge is 2.28. The van der Waals surface area contributed by atoms with Crippen molar-refractivity contribution in [3.63, 3.8) is 0 Å². The van der Waals surface area contributed by atoms with Gasteiger partial charge in [0.15, 0.2) is 0 Å². The summed E-state index contributed by atoms with van der Waals surface area (Å²) in [5.74, 6) is -0.503. The zero-order valence-corrected chi connectivity index (χ0v) is 10.1. The van der Waals surface area contributed by atoms with E-state index in [0.29, 0.717) is 25.2 Å². The van der Waals surface area contributed by atoms with Crippen LogP contribution in [0.15, 0.2) is 18.2 Å². The average molecular weight is 247 g/mol. The van der Waals surface area contributed by atoms with E-state index in [9.17, 15) is 9.18 Å². The van der Waals surface area contributed by atoms with Gasteiger partial charge in [0.2, 0.25) is 5.91 Å². The van der Waals surface area contributed by atoms with Crippen LogP contribution in [0.25, 0.3) is 0 Å². The van der Waals surface area contributed by atoms with Gasteiger partial charge in [0.05, 0.1) is 11.6 Å². The summed E-state index contributed by atoms with van der Waals surface area (Å²) in [5, 5.41) is 11.6. The monoisotopic (exact) mass is 247 g/mol. The van der Waals surface area contributed by atoms with Crippen LogP contribution in [0, 0.1) is 17.1 Å². The third-order valence-corrected chi connectivity index (χ3v) is 3.06. The largest absolute Gasteiger partial charge is 0.358 e. The summed E-state index contributed by atoms with van der Waals surface area (Å²) in [5.41, 5.74) is 0.860. The molecule has 1 N–H and O–H groups in total. The number of amides is 1. The van der Waals surface area contributed by atoms with Crippen molar-refractivity contribution in [2.75, 3.05) is 18.0 Å². The van der Waals surface area contributed by atoms with Gasteiger partial charge < -0.3 is 10.2 Å². The molecule has 1 amide bonds. The fraction of sp³-hybridized carbons (Fsp3) is 0.385. The Hall–Kier alpha value is -2.09. The molecule has 1 aromatic rings. The van der Waals surface area contributed by atoms with Crippen molar-refractivity contribution < 1.29 is 9.18 Å². The quantitative estimate of drug-likeness (QED) is 0.859. The minimum Gasteiger partial charge on any atom is -0.358 e. The lowest BCUT2D eigenvalue weighted by Gasteiger charge is -2.36. The second-order valence-electron chi connectivity index (χ2n) is 4.22. The van der Waals surface area contributed by atoms with Gasteiger partial charge in [0, 0.05) is 18.8 Å². The number of halogens is 1. The SMILES string of the molecule is CCC1C(=O)NCCN1c1cc(F)cc(C#N)c1. The van der Waals surface area contributed by atoms with E-state index < -0.39 is 5.82 Å². The Morgan fingerprint density at radius 3 is 3.00 bits per heavy atom. The minimum atomic E-state index is -0.454. The van der Waals surface area contributed by atoms with E-state index in [2.05, 4.69) is 5.32 Å². The molecule has 0 aliphatic carbocycles. The number of benzene rings is 1. The smallest absolute Gasteiger partial charge is 0.242 e. The number of hydrogen-bond donors (Lipinski definition) is 1. The molecule has 94 valence electrons. The van der Waals surface area contributed by atoms with Gasteiger partial charge in [0.25, 0.3) is 0 Å². The number of hydrogen-bond acceptors (Lipinski definition) is 3. The van der Waals surface area contributed by atoms with E-state index in [1.807, 2.05) is 17.9 Å². The van der Waals surface area contributed by atoms with Gasteiger partial charge in [-0.15, -0.1) is 0 Å². The molecule has 1 unspecified atom stereocenters. The molecule has 0 spiro atoms. The van der Waals surface area contributed by atoms with Crippen LogP contribution in [0.4, 0.5) is 10.1 Å². The van der Waals surface area contributed by atoms with Crippen LogP contribution in [0.5, 0.6) is 0 Å². The van der Waals surface area contributed by atoms with E-state index in [1.165, 1.54) is 12.1 Å². The second kappa shape index (κ2) is 5.05. The number of nitrogens with one attached hydrogen (secondary N) is 1. The van der Waals surface area contributed by atoms with E-state index >= 15 is 0 Å². The first-order valence-electron chi connectivity index (χ1n) is 5.90. The molecule has 18 heavy (non-hydrogen) atoms. The Balaban J connectivity index is 2.37. The van der Waals surface area contributed by atoms with Crippen LogP contribution in [0.1, 0.15) is 18.9 Å². The summed E-state index contributed by atoms with van der Waals surface area (Å²) in [6, 6.07) is 5.79. The molecule has 2 rings (SSSR count). The number of piperazine rings is 1. The van der Waals surface area contributed by atoms with Crippen LogP contribution in [0.3, 0.4) is 0 Å². The molecule has 4 nitrogen and oxygen atoms in total. The first-order chi connectivity index (χ1) is 8.65. The first kappa shape index (κ1) is 12.4. The topological polar surface area (TPSA) is 56.1 Å². The van der Waals surface area contributed by atoms with Crippen molar-refractivity contribution in [2.45, 2.75) is 19.4 Å². The van der Waals surface area contributed by atoms with Crippen molar-refractivity contribution in [3.8, 4) is 6.07 Å². The number of nitrogens with zero attached hydrogens (tertiary/aromatic N) is 2. The van der Waals surface area contributed by atoms with E-state index in [0.717, 1.165) is 0 Å². The maximum Gasteiger partial charge on any atom is 0.242 e.